The summed E-state index contributed by atoms with van der Waals surface area (Å²) < 4.78 is 0. The average Bonchev–Trinajstić information content (AvgIpc) is 2.16. The van der Waals surface area contributed by atoms with Gasteiger partial charge in [-0.15, -0.1) is 0 Å². The highest BCUT2D eigenvalue weighted by molar-refractivity contribution is 6.31. The topological polar surface area (TPSA) is 96.4 Å². The quantitative estimate of drug-likeness (QED) is 0.670. The van der Waals surface area contributed by atoms with Crippen LogP contribution in [0.4, 0.5) is 0 Å². The molecule has 0 fully saturated rings. The summed E-state index contributed by atoms with van der Waals surface area (Å²) in [5.74, 6) is -1.29. The molecule has 0 amide bonds. The van der Waals surface area contributed by atoms with E-state index in [0.717, 1.165) is 0 Å². The number of pyridine rings is 1. The van der Waals surface area contributed by atoms with E-state index in [1.165, 1.54) is 18.5 Å². The first-order valence-electron chi connectivity index (χ1n) is 3.80. The van der Waals surface area contributed by atoms with Crippen molar-refractivity contribution in [2.75, 3.05) is 0 Å². The number of hydrogen-bond donors (Lipinski definition) is 3. The summed E-state index contributed by atoms with van der Waals surface area (Å²) in [5.41, 5.74) is 5.49. The molecule has 5 nitrogen and oxygen atoms in total. The van der Waals surface area contributed by atoms with Crippen LogP contribution in [0.3, 0.4) is 0 Å². The molecule has 0 spiro atoms. The molecule has 2 atom stereocenters. The van der Waals surface area contributed by atoms with Crippen LogP contribution in [0.25, 0.3) is 0 Å². The number of aliphatic hydroxyl groups excluding tert-OH is 1. The van der Waals surface area contributed by atoms with Crippen LogP contribution >= 0.6 is 11.6 Å². The molecule has 76 valence electrons. The van der Waals surface area contributed by atoms with E-state index in [2.05, 4.69) is 4.98 Å². The van der Waals surface area contributed by atoms with Gasteiger partial charge in [0.2, 0.25) is 0 Å². The molecule has 1 aromatic rings. The van der Waals surface area contributed by atoms with E-state index >= 15 is 0 Å². The molecular weight excluding hydrogens is 208 g/mol. The Balaban J connectivity index is 2.94. The highest BCUT2D eigenvalue weighted by atomic mass is 35.5. The Kier molecular flexibility index (Phi) is 3.40. The van der Waals surface area contributed by atoms with Crippen LogP contribution in [-0.4, -0.2) is 27.2 Å². The van der Waals surface area contributed by atoms with Crippen LogP contribution in [0, 0.1) is 0 Å². The molecule has 4 N–H and O–H groups in total. The van der Waals surface area contributed by atoms with Crippen molar-refractivity contribution in [1.29, 1.82) is 0 Å². The van der Waals surface area contributed by atoms with Crippen LogP contribution in [-0.2, 0) is 4.79 Å². The van der Waals surface area contributed by atoms with Gasteiger partial charge in [-0.05, 0) is 6.07 Å². The number of nitrogens with zero attached hydrogens (tertiary/aromatic N) is 1. The smallest absolute Gasteiger partial charge is 0.323 e. The molecule has 0 aliphatic carbocycles. The summed E-state index contributed by atoms with van der Waals surface area (Å²) in [4.78, 5) is 14.2. The zero-order chi connectivity index (χ0) is 10.7. The van der Waals surface area contributed by atoms with Gasteiger partial charge in [0.05, 0.1) is 5.02 Å². The Morgan fingerprint density at radius 3 is 2.79 bits per heavy atom. The van der Waals surface area contributed by atoms with Crippen LogP contribution in [0.2, 0.25) is 5.02 Å². The minimum absolute atomic E-state index is 0.191. The number of aliphatic carboxylic acids is 1. The lowest BCUT2D eigenvalue weighted by Crippen LogP contribution is -2.36. The first kappa shape index (κ1) is 10.9. The third kappa shape index (κ3) is 2.20. The largest absolute Gasteiger partial charge is 0.480 e. The van der Waals surface area contributed by atoms with E-state index in [0.29, 0.717) is 0 Å². The monoisotopic (exact) mass is 216 g/mol. The number of nitrogens with two attached hydrogens (primary N) is 1. The van der Waals surface area contributed by atoms with Crippen molar-refractivity contribution in [2.24, 2.45) is 5.73 Å². The summed E-state index contributed by atoms with van der Waals surface area (Å²) >= 11 is 5.70. The third-order valence-corrected chi connectivity index (χ3v) is 2.06. The second-order valence-corrected chi connectivity index (χ2v) is 3.11. The number of rotatable bonds is 3. The lowest BCUT2D eigenvalue weighted by Gasteiger charge is -2.15. The van der Waals surface area contributed by atoms with Crippen molar-refractivity contribution >= 4 is 17.6 Å². The maximum atomic E-state index is 10.5. The molecule has 14 heavy (non-hydrogen) atoms. The minimum Gasteiger partial charge on any atom is -0.480 e. The molecule has 6 heteroatoms. The number of aliphatic hydroxyl groups is 1. The van der Waals surface area contributed by atoms with Gasteiger partial charge in [-0.2, -0.15) is 0 Å². The summed E-state index contributed by atoms with van der Waals surface area (Å²) in [6, 6.07) is 0.0328. The van der Waals surface area contributed by atoms with Crippen molar-refractivity contribution in [2.45, 2.75) is 12.1 Å². The van der Waals surface area contributed by atoms with Crippen molar-refractivity contribution in [3.63, 3.8) is 0 Å². The van der Waals surface area contributed by atoms with Crippen LogP contribution in [0.15, 0.2) is 18.5 Å². The Morgan fingerprint density at radius 2 is 2.29 bits per heavy atom. The SMILES string of the molecule is NC(C(=O)O)C(O)c1ccncc1Cl. The maximum absolute atomic E-state index is 10.5. The van der Waals surface area contributed by atoms with Gasteiger partial charge in [-0.25, -0.2) is 0 Å². The fourth-order valence-electron chi connectivity index (χ4n) is 0.954. The molecule has 1 rings (SSSR count). The van der Waals surface area contributed by atoms with E-state index in [1.807, 2.05) is 0 Å². The maximum Gasteiger partial charge on any atom is 0.323 e. The van der Waals surface area contributed by atoms with E-state index in [1.54, 1.807) is 0 Å². The summed E-state index contributed by atoms with van der Waals surface area (Å²) in [6.07, 6.45) is 1.39. The molecule has 0 radical (unpaired) electrons. The molecule has 1 aromatic heterocycles. The zero-order valence-corrected chi connectivity index (χ0v) is 7.85. The number of carbonyl (C=O) groups is 1. The number of aromatic nitrogens is 1. The number of carboxylic acids is 1. The lowest BCUT2D eigenvalue weighted by molar-refractivity contribution is -0.141. The molecular formula is C8H9ClN2O3. The molecule has 0 aromatic carbocycles. The van der Waals surface area contributed by atoms with E-state index in [-0.39, 0.29) is 10.6 Å². The van der Waals surface area contributed by atoms with Gasteiger partial charge in [0.15, 0.2) is 0 Å². The van der Waals surface area contributed by atoms with Gasteiger partial charge in [-0.3, -0.25) is 9.78 Å². The van der Waals surface area contributed by atoms with Gasteiger partial charge >= 0.3 is 5.97 Å². The average molecular weight is 217 g/mol. The predicted octanol–water partition coefficient (Wildman–Crippen LogP) is 0.180. The first-order valence-corrected chi connectivity index (χ1v) is 4.17. The Morgan fingerprint density at radius 1 is 1.64 bits per heavy atom. The Bertz CT molecular complexity index is 345. The fraction of sp³-hybridized carbons (Fsp3) is 0.250. The van der Waals surface area contributed by atoms with E-state index < -0.39 is 18.1 Å². The Hall–Kier alpha value is -1.17. The number of hydrogen-bond acceptors (Lipinski definition) is 4. The molecule has 0 bridgehead atoms. The summed E-state index contributed by atoms with van der Waals surface area (Å²) in [6.45, 7) is 0. The van der Waals surface area contributed by atoms with E-state index in [9.17, 15) is 9.90 Å². The van der Waals surface area contributed by atoms with Gasteiger partial charge in [0.25, 0.3) is 0 Å². The van der Waals surface area contributed by atoms with E-state index in [4.69, 9.17) is 22.4 Å². The van der Waals surface area contributed by atoms with Gasteiger partial charge < -0.3 is 15.9 Å². The van der Waals surface area contributed by atoms with Gasteiger partial charge in [-0.1, -0.05) is 11.6 Å². The number of halogens is 1. The standard InChI is InChI=1S/C8H9ClN2O3/c9-5-3-11-2-1-4(5)7(12)6(10)8(13)14/h1-3,6-7,12H,10H2,(H,13,14). The normalized spacial score (nSPS) is 14.8. The van der Waals surface area contributed by atoms with Crippen molar-refractivity contribution < 1.29 is 15.0 Å². The second-order valence-electron chi connectivity index (χ2n) is 2.71. The summed E-state index contributed by atoms with van der Waals surface area (Å²) in [5, 5.41) is 18.3. The van der Waals surface area contributed by atoms with Crippen LogP contribution in [0.5, 0.6) is 0 Å². The van der Waals surface area contributed by atoms with Gasteiger partial charge in [0, 0.05) is 18.0 Å². The first-order chi connectivity index (χ1) is 6.54. The van der Waals surface area contributed by atoms with Crippen molar-refractivity contribution in [1.82, 2.24) is 4.98 Å². The molecule has 0 saturated heterocycles. The highest BCUT2D eigenvalue weighted by Crippen LogP contribution is 2.23. The number of carboxylic acid groups (broad SMARTS) is 1. The van der Waals surface area contributed by atoms with Gasteiger partial charge in [0.1, 0.15) is 12.1 Å². The molecule has 0 aliphatic rings. The molecule has 1 heterocycles. The van der Waals surface area contributed by atoms with Crippen LogP contribution in [0.1, 0.15) is 11.7 Å². The van der Waals surface area contributed by atoms with Crippen molar-refractivity contribution in [3.05, 3.63) is 29.0 Å². The zero-order valence-electron chi connectivity index (χ0n) is 7.09. The molecule has 0 saturated carbocycles. The highest BCUT2D eigenvalue weighted by Gasteiger charge is 2.25. The minimum atomic E-state index is -1.39. The Labute approximate surface area is 85.1 Å². The second kappa shape index (κ2) is 4.36. The summed E-state index contributed by atoms with van der Waals surface area (Å²) in [7, 11) is 0. The molecule has 0 aliphatic heterocycles. The van der Waals surface area contributed by atoms with Crippen molar-refractivity contribution in [3.8, 4) is 0 Å². The fourth-order valence-corrected chi connectivity index (χ4v) is 1.19. The lowest BCUT2D eigenvalue weighted by atomic mass is 10.0. The van der Waals surface area contributed by atoms with Crippen LogP contribution < -0.4 is 5.73 Å². The predicted molar refractivity (Wildman–Crippen MR) is 49.8 cm³/mol. The molecule has 2 unspecified atom stereocenters. The third-order valence-electron chi connectivity index (χ3n) is 1.75.